The van der Waals surface area contributed by atoms with E-state index < -0.39 is 0 Å². The van der Waals surface area contributed by atoms with Crippen LogP contribution in [0.3, 0.4) is 0 Å². The smallest absolute Gasteiger partial charge is 0.234 e. The van der Waals surface area contributed by atoms with Crippen molar-refractivity contribution in [1.82, 2.24) is 4.90 Å². The van der Waals surface area contributed by atoms with Gasteiger partial charge in [0.05, 0.1) is 5.92 Å². The highest BCUT2D eigenvalue weighted by atomic mass is 32.2. The highest BCUT2D eigenvalue weighted by Crippen LogP contribution is 2.56. The Kier molecular flexibility index (Phi) is 1.41. The van der Waals surface area contributed by atoms with Crippen molar-refractivity contribution >= 4 is 17.7 Å². The fourth-order valence-corrected chi connectivity index (χ4v) is 3.40. The number of hydrogen-bond acceptors (Lipinski definition) is 2. The molecule has 0 aromatic rings. The van der Waals surface area contributed by atoms with Gasteiger partial charge in [0.2, 0.25) is 5.91 Å². The summed E-state index contributed by atoms with van der Waals surface area (Å²) < 4.78 is 0. The molecule has 0 saturated carbocycles. The van der Waals surface area contributed by atoms with E-state index in [1.165, 1.54) is 4.91 Å². The molecule has 12 heavy (non-hydrogen) atoms. The average Bonchev–Trinajstić information content (AvgIpc) is 2.22. The number of fused-ring (bicyclic) bond motifs is 1. The normalized spacial score (nSPS) is 40.2. The summed E-state index contributed by atoms with van der Waals surface area (Å²) in [5, 5.41) is 0. The third-order valence-electron chi connectivity index (χ3n) is 3.04. The largest absolute Gasteiger partial charge is 0.299 e. The van der Waals surface area contributed by atoms with Crippen molar-refractivity contribution in [3.8, 4) is 0 Å². The van der Waals surface area contributed by atoms with E-state index in [1.54, 1.807) is 0 Å². The molecule has 0 spiro atoms. The Morgan fingerprint density at radius 1 is 1.50 bits per heavy atom. The molecule has 0 aromatic carbocycles. The SMILES string of the molecule is CC1=C(C)N2C(=O)C(C)[C@@]2(C)S1. The lowest BCUT2D eigenvalue weighted by Crippen LogP contribution is -2.63. The second-order valence-corrected chi connectivity index (χ2v) is 5.34. The Labute approximate surface area is 77.0 Å². The van der Waals surface area contributed by atoms with Crippen LogP contribution in [0.1, 0.15) is 27.7 Å². The van der Waals surface area contributed by atoms with Gasteiger partial charge in [-0.05, 0) is 20.8 Å². The lowest BCUT2D eigenvalue weighted by Gasteiger charge is -2.50. The first-order valence-electron chi connectivity index (χ1n) is 4.19. The molecule has 0 radical (unpaired) electrons. The minimum Gasteiger partial charge on any atom is -0.299 e. The van der Waals surface area contributed by atoms with Gasteiger partial charge < -0.3 is 0 Å². The molecule has 3 heteroatoms. The van der Waals surface area contributed by atoms with E-state index in [4.69, 9.17) is 0 Å². The molecule has 1 amide bonds. The van der Waals surface area contributed by atoms with Crippen molar-refractivity contribution in [1.29, 1.82) is 0 Å². The molecule has 0 N–H and O–H groups in total. The summed E-state index contributed by atoms with van der Waals surface area (Å²) in [6, 6.07) is 0. The summed E-state index contributed by atoms with van der Waals surface area (Å²) in [5.74, 6) is 0.453. The van der Waals surface area contributed by atoms with Crippen molar-refractivity contribution in [2.45, 2.75) is 32.6 Å². The predicted octanol–water partition coefficient (Wildman–Crippen LogP) is 2.18. The maximum Gasteiger partial charge on any atom is 0.234 e. The van der Waals surface area contributed by atoms with Crippen molar-refractivity contribution in [2.75, 3.05) is 0 Å². The van der Waals surface area contributed by atoms with Crippen molar-refractivity contribution in [3.05, 3.63) is 10.6 Å². The molecule has 2 aliphatic heterocycles. The number of allylic oxidation sites excluding steroid dienone is 2. The Morgan fingerprint density at radius 3 is 2.58 bits per heavy atom. The molecule has 0 aromatic heterocycles. The molecule has 1 unspecified atom stereocenters. The molecule has 66 valence electrons. The molecule has 2 atom stereocenters. The quantitative estimate of drug-likeness (QED) is 0.536. The summed E-state index contributed by atoms with van der Waals surface area (Å²) in [6.07, 6.45) is 0. The van der Waals surface area contributed by atoms with Gasteiger partial charge >= 0.3 is 0 Å². The van der Waals surface area contributed by atoms with Gasteiger partial charge in [-0.2, -0.15) is 0 Å². The summed E-state index contributed by atoms with van der Waals surface area (Å²) in [4.78, 5) is 14.7. The number of rotatable bonds is 0. The van der Waals surface area contributed by atoms with E-state index in [0.717, 1.165) is 5.70 Å². The summed E-state index contributed by atoms with van der Waals surface area (Å²) in [7, 11) is 0. The van der Waals surface area contributed by atoms with Gasteiger partial charge in [0.15, 0.2) is 0 Å². The zero-order valence-corrected chi connectivity index (χ0v) is 8.66. The Hall–Kier alpha value is -0.440. The van der Waals surface area contributed by atoms with Gasteiger partial charge in [-0.15, -0.1) is 0 Å². The molecule has 2 rings (SSSR count). The van der Waals surface area contributed by atoms with Crippen LogP contribution in [0.2, 0.25) is 0 Å². The Bertz CT molecular complexity index is 297. The van der Waals surface area contributed by atoms with Gasteiger partial charge in [0, 0.05) is 10.6 Å². The standard InChI is InChI=1S/C9H13NOS/c1-5-8(11)10-6(2)7(3)12-9(5,10)4/h5H,1-4H3/t5?,9-/m1/s1. The third-order valence-corrected chi connectivity index (χ3v) is 4.59. The molecule has 2 aliphatic rings. The van der Waals surface area contributed by atoms with Crippen LogP contribution in [0, 0.1) is 5.92 Å². The minimum absolute atomic E-state index is 0.0330. The van der Waals surface area contributed by atoms with Crippen LogP contribution in [-0.2, 0) is 4.79 Å². The van der Waals surface area contributed by atoms with E-state index in [9.17, 15) is 4.79 Å². The van der Waals surface area contributed by atoms with E-state index >= 15 is 0 Å². The summed E-state index contributed by atoms with van der Waals surface area (Å²) in [5.41, 5.74) is 1.14. The molecule has 0 bridgehead atoms. The van der Waals surface area contributed by atoms with Gasteiger partial charge in [-0.1, -0.05) is 18.7 Å². The number of carbonyl (C=O) groups excluding carboxylic acids is 1. The van der Waals surface area contributed by atoms with Crippen LogP contribution in [0.4, 0.5) is 0 Å². The topological polar surface area (TPSA) is 20.3 Å². The second kappa shape index (κ2) is 2.08. The maximum atomic E-state index is 11.5. The summed E-state index contributed by atoms with van der Waals surface area (Å²) >= 11 is 1.82. The zero-order valence-electron chi connectivity index (χ0n) is 7.84. The average molecular weight is 183 g/mol. The van der Waals surface area contributed by atoms with Crippen LogP contribution >= 0.6 is 11.8 Å². The Morgan fingerprint density at radius 2 is 2.08 bits per heavy atom. The number of amides is 1. The van der Waals surface area contributed by atoms with Crippen molar-refractivity contribution in [3.63, 3.8) is 0 Å². The first kappa shape index (κ1) is 8.17. The second-order valence-electron chi connectivity index (χ2n) is 3.69. The number of carbonyl (C=O) groups is 1. The molecular weight excluding hydrogens is 170 g/mol. The Balaban J connectivity index is 2.39. The van der Waals surface area contributed by atoms with Crippen molar-refractivity contribution < 1.29 is 4.79 Å². The lowest BCUT2D eigenvalue weighted by molar-refractivity contribution is -0.152. The first-order valence-corrected chi connectivity index (χ1v) is 5.00. The van der Waals surface area contributed by atoms with Crippen molar-refractivity contribution in [2.24, 2.45) is 5.92 Å². The number of thioether (sulfide) groups is 1. The van der Waals surface area contributed by atoms with Gasteiger partial charge in [-0.25, -0.2) is 0 Å². The molecule has 1 fully saturated rings. The summed E-state index contributed by atoms with van der Waals surface area (Å²) in [6.45, 7) is 8.27. The first-order chi connectivity index (χ1) is 5.48. The fraction of sp³-hybridized carbons (Fsp3) is 0.667. The van der Waals surface area contributed by atoms with Gasteiger partial charge in [0.1, 0.15) is 4.87 Å². The van der Waals surface area contributed by atoms with E-state index in [0.29, 0.717) is 0 Å². The van der Waals surface area contributed by atoms with E-state index in [2.05, 4.69) is 13.8 Å². The third kappa shape index (κ3) is 0.661. The molecule has 2 nitrogen and oxygen atoms in total. The molecule has 2 heterocycles. The number of hydrogen-bond donors (Lipinski definition) is 0. The molecular formula is C9H13NOS. The van der Waals surface area contributed by atoms with Crippen LogP contribution in [-0.4, -0.2) is 15.7 Å². The molecule has 1 saturated heterocycles. The number of β-lactam (4-membered cyclic amide) rings is 1. The van der Waals surface area contributed by atoms with E-state index in [-0.39, 0.29) is 16.7 Å². The highest BCUT2D eigenvalue weighted by Gasteiger charge is 2.59. The highest BCUT2D eigenvalue weighted by molar-refractivity contribution is 8.04. The van der Waals surface area contributed by atoms with Crippen LogP contribution in [0.15, 0.2) is 10.6 Å². The predicted molar refractivity (Wildman–Crippen MR) is 50.4 cm³/mol. The fourth-order valence-electron chi connectivity index (χ4n) is 1.94. The van der Waals surface area contributed by atoms with Gasteiger partial charge in [-0.3, -0.25) is 9.69 Å². The van der Waals surface area contributed by atoms with Crippen LogP contribution in [0.25, 0.3) is 0 Å². The van der Waals surface area contributed by atoms with Gasteiger partial charge in [0.25, 0.3) is 0 Å². The maximum absolute atomic E-state index is 11.5. The molecule has 0 aliphatic carbocycles. The monoisotopic (exact) mass is 183 g/mol. The van der Waals surface area contributed by atoms with E-state index in [1.807, 2.05) is 30.5 Å². The lowest BCUT2D eigenvalue weighted by atomic mass is 9.89. The minimum atomic E-state index is 0.0330. The number of nitrogens with zero attached hydrogens (tertiary/aromatic N) is 1. The van der Waals surface area contributed by atoms with Crippen LogP contribution < -0.4 is 0 Å². The zero-order chi connectivity index (χ0) is 9.09. The van der Waals surface area contributed by atoms with Crippen LogP contribution in [0.5, 0.6) is 0 Å².